The van der Waals surface area contributed by atoms with E-state index in [1.165, 1.54) is 12.2 Å². The van der Waals surface area contributed by atoms with Crippen molar-refractivity contribution in [2.75, 3.05) is 19.8 Å². The van der Waals surface area contributed by atoms with Crippen LogP contribution in [0.15, 0.2) is 53.2 Å². The topological polar surface area (TPSA) is 348 Å². The average molecular weight is 761 g/mol. The number of hydrogen-bond acceptors (Lipinski definition) is 21. The molecule has 3 saturated heterocycles. The Kier molecular flexibility index (Phi) is 11.4. The van der Waals surface area contributed by atoms with Crippen LogP contribution in [-0.2, 0) is 33.2 Å². The lowest BCUT2D eigenvalue weighted by Gasteiger charge is -2.45. The Morgan fingerprint density at radius 3 is 1.91 bits per heavy atom. The number of fused-ring (bicyclic) bond motifs is 1. The lowest BCUT2D eigenvalue weighted by Crippen LogP contribution is -2.63. The SMILES string of the molecule is OC[C@H]1O[C@@H](OC2=CC(O)=CC3OC(c4cc(O)c(O)c(O)c4)=C(O[C@@H]4O[C@H](CO)[C@@H](O)[C@H](O)[C@H]4O[C@@H]4OC[C@@H](O)[C@H](O)[C@H]4O)C=C23)[C@H](O)[C@@H](O)[C@@H]1O. The van der Waals surface area contributed by atoms with Crippen molar-refractivity contribution in [1.29, 1.82) is 0 Å². The van der Waals surface area contributed by atoms with E-state index in [0.29, 0.717) is 0 Å². The fraction of sp³-hybridized carbons (Fsp3) is 0.562. The minimum absolute atomic E-state index is 0.00134. The molecule has 1 aromatic rings. The van der Waals surface area contributed by atoms with Crippen LogP contribution >= 0.6 is 0 Å². The third-order valence-corrected chi connectivity index (χ3v) is 9.18. The van der Waals surface area contributed by atoms with Gasteiger partial charge in [0.25, 0.3) is 0 Å². The molecule has 3 fully saturated rings. The molecule has 4 heterocycles. The van der Waals surface area contributed by atoms with E-state index in [2.05, 4.69) is 0 Å². The lowest BCUT2D eigenvalue weighted by molar-refractivity contribution is -0.351. The number of aliphatic hydroxyl groups is 11. The number of phenolic OH excluding ortho intramolecular Hbond substituents is 3. The maximum atomic E-state index is 11.1. The Morgan fingerprint density at radius 2 is 1.26 bits per heavy atom. The van der Waals surface area contributed by atoms with Crippen molar-refractivity contribution in [1.82, 2.24) is 0 Å². The Bertz CT molecular complexity index is 1600. The number of benzene rings is 1. The van der Waals surface area contributed by atoms with Gasteiger partial charge in [0.2, 0.25) is 12.6 Å². The lowest BCUT2D eigenvalue weighted by atomic mass is 9.96. The fourth-order valence-corrected chi connectivity index (χ4v) is 6.19. The van der Waals surface area contributed by atoms with E-state index in [4.69, 9.17) is 33.2 Å². The monoisotopic (exact) mass is 760 g/mol. The summed E-state index contributed by atoms with van der Waals surface area (Å²) >= 11 is 0. The van der Waals surface area contributed by atoms with Crippen molar-refractivity contribution in [2.24, 2.45) is 0 Å². The Balaban J connectivity index is 1.40. The molecular weight excluding hydrogens is 720 g/mol. The van der Waals surface area contributed by atoms with E-state index in [0.717, 1.165) is 18.2 Å². The van der Waals surface area contributed by atoms with Gasteiger partial charge in [0.15, 0.2) is 41.2 Å². The van der Waals surface area contributed by atoms with Crippen molar-refractivity contribution in [3.8, 4) is 17.2 Å². The highest BCUT2D eigenvalue weighted by molar-refractivity contribution is 5.72. The summed E-state index contributed by atoms with van der Waals surface area (Å²) in [5.41, 5.74) is -0.154. The summed E-state index contributed by atoms with van der Waals surface area (Å²) in [7, 11) is 0. The molecule has 14 N–H and O–H groups in total. The van der Waals surface area contributed by atoms with E-state index in [9.17, 15) is 71.5 Å². The van der Waals surface area contributed by atoms with Gasteiger partial charge in [-0.05, 0) is 18.2 Å². The highest BCUT2D eigenvalue weighted by Crippen LogP contribution is 2.44. The molecule has 15 atom stereocenters. The van der Waals surface area contributed by atoms with Gasteiger partial charge in [-0.25, -0.2) is 0 Å². The molecule has 1 aliphatic carbocycles. The van der Waals surface area contributed by atoms with Crippen LogP contribution in [0.1, 0.15) is 5.56 Å². The predicted molar refractivity (Wildman–Crippen MR) is 166 cm³/mol. The first-order chi connectivity index (χ1) is 25.1. The zero-order valence-corrected chi connectivity index (χ0v) is 27.3. The summed E-state index contributed by atoms with van der Waals surface area (Å²) < 4.78 is 40.2. The third-order valence-electron chi connectivity index (χ3n) is 9.18. The second kappa shape index (κ2) is 15.5. The van der Waals surface area contributed by atoms with E-state index in [1.54, 1.807) is 0 Å². The molecule has 4 aliphatic heterocycles. The van der Waals surface area contributed by atoms with Crippen LogP contribution in [0.2, 0.25) is 0 Å². The van der Waals surface area contributed by atoms with Crippen molar-refractivity contribution >= 4 is 5.76 Å². The van der Waals surface area contributed by atoms with Crippen molar-refractivity contribution in [3.63, 3.8) is 0 Å². The van der Waals surface area contributed by atoms with Crippen LogP contribution in [0.3, 0.4) is 0 Å². The van der Waals surface area contributed by atoms with Crippen molar-refractivity contribution < 1.29 is 105 Å². The number of aromatic hydroxyl groups is 3. The Labute approximate surface area is 298 Å². The highest BCUT2D eigenvalue weighted by atomic mass is 16.8. The van der Waals surface area contributed by atoms with E-state index in [-0.39, 0.29) is 22.7 Å². The van der Waals surface area contributed by atoms with Gasteiger partial charge in [0, 0.05) is 23.3 Å². The van der Waals surface area contributed by atoms with Gasteiger partial charge in [-0.15, -0.1) is 0 Å². The van der Waals surface area contributed by atoms with Gasteiger partial charge in [0.1, 0.15) is 78.7 Å². The Hall–Kier alpha value is -3.78. The molecule has 1 unspecified atom stereocenters. The zero-order chi connectivity index (χ0) is 38.5. The van der Waals surface area contributed by atoms with E-state index in [1.807, 2.05) is 0 Å². The van der Waals surface area contributed by atoms with Crippen LogP contribution in [0.5, 0.6) is 17.2 Å². The van der Waals surface area contributed by atoms with Gasteiger partial charge in [-0.3, -0.25) is 0 Å². The van der Waals surface area contributed by atoms with Crippen molar-refractivity contribution in [2.45, 2.75) is 92.1 Å². The number of phenols is 3. The molecule has 21 nitrogen and oxygen atoms in total. The van der Waals surface area contributed by atoms with Crippen molar-refractivity contribution in [3.05, 3.63) is 58.8 Å². The molecule has 6 rings (SSSR count). The minimum atomic E-state index is -1.93. The number of hydrogen-bond donors (Lipinski definition) is 14. The number of rotatable bonds is 9. The van der Waals surface area contributed by atoms with E-state index < -0.39 is 141 Å². The molecule has 0 aromatic heterocycles. The first-order valence-corrected chi connectivity index (χ1v) is 16.2. The smallest absolute Gasteiger partial charge is 0.229 e. The molecule has 0 spiro atoms. The summed E-state index contributed by atoms with van der Waals surface area (Å²) in [5, 5.41) is 144. The highest BCUT2D eigenvalue weighted by Gasteiger charge is 2.51. The summed E-state index contributed by atoms with van der Waals surface area (Å²) in [4.78, 5) is 0. The third kappa shape index (κ3) is 7.50. The first kappa shape index (κ1) is 38.9. The van der Waals surface area contributed by atoms with Gasteiger partial charge in [-0.2, -0.15) is 0 Å². The molecule has 21 heteroatoms. The van der Waals surface area contributed by atoms with Gasteiger partial charge in [0.05, 0.1) is 19.8 Å². The summed E-state index contributed by atoms with van der Waals surface area (Å²) in [5.74, 6) is -3.95. The number of aliphatic hydroxyl groups excluding tert-OH is 11. The summed E-state index contributed by atoms with van der Waals surface area (Å²) in [6.07, 6.45) is -22.1. The molecule has 5 aliphatic rings. The van der Waals surface area contributed by atoms with Gasteiger partial charge in [-0.1, -0.05) is 0 Å². The van der Waals surface area contributed by atoms with Gasteiger partial charge < -0.3 is 105 Å². The van der Waals surface area contributed by atoms with Crippen LogP contribution in [0.25, 0.3) is 5.76 Å². The maximum absolute atomic E-state index is 11.1. The molecular formula is C32H40O21. The number of allylic oxidation sites excluding steroid dienone is 2. The second-order valence-electron chi connectivity index (χ2n) is 12.8. The normalized spacial score (nSPS) is 40.3. The number of ether oxygens (including phenoxy) is 7. The van der Waals surface area contributed by atoms with Crippen LogP contribution in [-0.4, -0.2) is 183 Å². The predicted octanol–water partition coefficient (Wildman–Crippen LogP) is -4.77. The molecule has 0 bridgehead atoms. The standard InChI is InChI=1S/C32H40O21/c33-6-18-22(41)24(43)27(46)31(51-18)49-16-4-10(35)3-15-11(16)5-17(28(48-15)9-1-12(36)20(39)13(37)2-9)50-32-29(25(44)23(42)19(7-34)52-32)53-30-26(45)21(40)14(38)8-47-30/h1-5,14-15,18-19,21-27,29-46H,6-8H2/t14-,15?,18-,19-,21+,22-,23-,24+,25+,26-,27-,29-,30+,31-,32-/m1/s1. The van der Waals surface area contributed by atoms with Gasteiger partial charge >= 0.3 is 0 Å². The second-order valence-corrected chi connectivity index (χ2v) is 12.8. The quantitative estimate of drug-likeness (QED) is 0.105. The molecule has 53 heavy (non-hydrogen) atoms. The fourth-order valence-electron chi connectivity index (χ4n) is 6.19. The largest absolute Gasteiger partial charge is 0.508 e. The minimum Gasteiger partial charge on any atom is -0.508 e. The molecule has 0 radical (unpaired) electrons. The first-order valence-electron chi connectivity index (χ1n) is 16.2. The van der Waals surface area contributed by atoms with Crippen LogP contribution < -0.4 is 0 Å². The Morgan fingerprint density at radius 1 is 0.660 bits per heavy atom. The molecule has 0 saturated carbocycles. The molecule has 0 amide bonds. The zero-order valence-electron chi connectivity index (χ0n) is 27.3. The van der Waals surface area contributed by atoms with Crippen LogP contribution in [0.4, 0.5) is 0 Å². The molecule has 294 valence electrons. The maximum Gasteiger partial charge on any atom is 0.229 e. The molecule has 1 aromatic carbocycles. The average Bonchev–Trinajstić information content (AvgIpc) is 3.13. The summed E-state index contributed by atoms with van der Waals surface area (Å²) in [6, 6.07) is 1.92. The van der Waals surface area contributed by atoms with E-state index >= 15 is 0 Å². The summed E-state index contributed by atoms with van der Waals surface area (Å²) in [6.45, 7) is -2.13. The van der Waals surface area contributed by atoms with Crippen LogP contribution in [0, 0.1) is 0 Å².